The van der Waals surface area contributed by atoms with E-state index in [0.29, 0.717) is 12.2 Å². The molecule has 0 aliphatic carbocycles. The zero-order chi connectivity index (χ0) is 14.3. The van der Waals surface area contributed by atoms with Crippen LogP contribution < -0.4 is 21.7 Å². The van der Waals surface area contributed by atoms with Gasteiger partial charge in [-0.3, -0.25) is 0 Å². The number of nitrogens with zero attached hydrogens (tertiary/aromatic N) is 3. The Hall–Kier alpha value is -1.60. The van der Waals surface area contributed by atoms with Gasteiger partial charge in [0.15, 0.2) is 0 Å². The molecule has 1 aromatic rings. The third-order valence-electron chi connectivity index (χ3n) is 2.66. The van der Waals surface area contributed by atoms with E-state index >= 15 is 0 Å². The van der Waals surface area contributed by atoms with Gasteiger partial charge in [-0.25, -0.2) is 14.1 Å². The molecule has 0 fully saturated rings. The number of hydrogen-bond acceptors (Lipinski definition) is 5. The summed E-state index contributed by atoms with van der Waals surface area (Å²) in [4.78, 5) is 0. The van der Waals surface area contributed by atoms with Crippen LogP contribution in [0.4, 0.5) is 10.2 Å². The van der Waals surface area contributed by atoms with Crippen molar-refractivity contribution >= 4 is 5.82 Å². The van der Waals surface area contributed by atoms with Crippen LogP contribution in [0.1, 0.15) is 33.4 Å². The molecule has 1 aliphatic heterocycles. The van der Waals surface area contributed by atoms with E-state index in [9.17, 15) is 4.39 Å². The van der Waals surface area contributed by atoms with Crippen LogP contribution in [0.15, 0.2) is 18.5 Å². The number of hydrogen-bond donors (Lipinski definition) is 3. The monoisotopic (exact) mass is 268 g/mol. The Morgan fingerprint density at radius 2 is 2.05 bits per heavy atom. The highest BCUT2D eigenvalue weighted by Gasteiger charge is 2.27. The molecule has 0 spiro atoms. The van der Waals surface area contributed by atoms with E-state index in [1.54, 1.807) is 28.2 Å². The molecule has 1 aromatic heterocycles. The molecule has 2 heterocycles. The SMILES string of the molecule is CC(C)(N)Cn1nc(C(C)(C)F)cc1N1C=CNN1. The highest BCUT2D eigenvalue weighted by molar-refractivity contribution is 5.44. The number of alkyl halides is 1. The number of rotatable bonds is 4. The van der Waals surface area contributed by atoms with E-state index < -0.39 is 11.2 Å². The molecule has 0 radical (unpaired) electrons. The minimum atomic E-state index is -1.49. The van der Waals surface area contributed by atoms with E-state index in [-0.39, 0.29) is 0 Å². The Kier molecular flexibility index (Phi) is 3.27. The molecule has 1 aliphatic rings. The topological polar surface area (TPSA) is 71.1 Å². The maximum absolute atomic E-state index is 14.1. The Morgan fingerprint density at radius 1 is 1.37 bits per heavy atom. The lowest BCUT2D eigenvalue weighted by molar-refractivity contribution is 0.211. The van der Waals surface area contributed by atoms with Gasteiger partial charge in [0.2, 0.25) is 0 Å². The van der Waals surface area contributed by atoms with Crippen molar-refractivity contribution in [3.05, 3.63) is 24.2 Å². The number of nitrogens with one attached hydrogen (secondary N) is 2. The van der Waals surface area contributed by atoms with E-state index in [4.69, 9.17) is 5.73 Å². The minimum absolute atomic E-state index is 0.383. The average molecular weight is 268 g/mol. The van der Waals surface area contributed by atoms with Gasteiger partial charge in [-0.2, -0.15) is 5.10 Å². The molecule has 0 amide bonds. The predicted octanol–water partition coefficient (Wildman–Crippen LogP) is 1.13. The lowest BCUT2D eigenvalue weighted by atomic mass is 10.1. The molecule has 4 N–H and O–H groups in total. The maximum atomic E-state index is 14.1. The standard InChI is InChI=1S/C12H21FN6/c1-11(2,14)8-19-10(18-6-5-15-17-18)7-9(16-19)12(3,4)13/h5-7,15,17H,8,14H2,1-4H3. The zero-order valence-electron chi connectivity index (χ0n) is 11.7. The fraction of sp³-hybridized carbons (Fsp3) is 0.583. The molecule has 0 bridgehead atoms. The molecule has 19 heavy (non-hydrogen) atoms. The highest BCUT2D eigenvalue weighted by atomic mass is 19.1. The summed E-state index contributed by atoms with van der Waals surface area (Å²) in [6.45, 7) is 7.28. The Balaban J connectivity index is 2.38. The first-order chi connectivity index (χ1) is 8.67. The largest absolute Gasteiger partial charge is 0.324 e. The van der Waals surface area contributed by atoms with Crippen molar-refractivity contribution in [3.63, 3.8) is 0 Å². The summed E-state index contributed by atoms with van der Waals surface area (Å²) in [6, 6.07) is 1.72. The van der Waals surface area contributed by atoms with Crippen LogP contribution in [-0.4, -0.2) is 15.3 Å². The fourth-order valence-electron chi connectivity index (χ4n) is 1.78. The van der Waals surface area contributed by atoms with Gasteiger partial charge in [0.05, 0.1) is 6.54 Å². The molecule has 0 unspecified atom stereocenters. The van der Waals surface area contributed by atoms with Crippen LogP contribution in [0.25, 0.3) is 0 Å². The normalized spacial score (nSPS) is 16.0. The number of halogens is 1. The minimum Gasteiger partial charge on any atom is -0.324 e. The Labute approximate surface area is 112 Å². The second-order valence-electron chi connectivity index (χ2n) is 5.95. The molecule has 2 rings (SSSR count). The first-order valence-electron chi connectivity index (χ1n) is 6.20. The van der Waals surface area contributed by atoms with Gasteiger partial charge in [-0.05, 0) is 27.7 Å². The first kappa shape index (κ1) is 13.8. The van der Waals surface area contributed by atoms with Crippen molar-refractivity contribution in [1.29, 1.82) is 0 Å². The molecule has 0 aromatic carbocycles. The van der Waals surface area contributed by atoms with Gasteiger partial charge in [0.1, 0.15) is 17.2 Å². The van der Waals surface area contributed by atoms with E-state index in [1.165, 1.54) is 13.8 Å². The van der Waals surface area contributed by atoms with Gasteiger partial charge in [-0.15, -0.1) is 5.53 Å². The number of hydrazine groups is 2. The van der Waals surface area contributed by atoms with Gasteiger partial charge in [0, 0.05) is 24.0 Å². The maximum Gasteiger partial charge on any atom is 0.149 e. The van der Waals surface area contributed by atoms with Crippen LogP contribution in [0, 0.1) is 0 Å². The van der Waals surface area contributed by atoms with Gasteiger partial charge in [0.25, 0.3) is 0 Å². The van der Waals surface area contributed by atoms with Crippen LogP contribution in [0.3, 0.4) is 0 Å². The van der Waals surface area contributed by atoms with Gasteiger partial charge >= 0.3 is 0 Å². The van der Waals surface area contributed by atoms with Crippen molar-refractivity contribution in [1.82, 2.24) is 20.7 Å². The van der Waals surface area contributed by atoms with Gasteiger partial charge in [-0.1, -0.05) is 0 Å². The van der Waals surface area contributed by atoms with Crippen molar-refractivity contribution in [2.24, 2.45) is 5.73 Å². The summed E-state index contributed by atoms with van der Waals surface area (Å²) in [7, 11) is 0. The lowest BCUT2D eigenvalue weighted by Crippen LogP contribution is -2.41. The molecule has 7 heteroatoms. The smallest absolute Gasteiger partial charge is 0.149 e. The van der Waals surface area contributed by atoms with E-state index in [0.717, 1.165) is 5.82 Å². The third-order valence-corrected chi connectivity index (χ3v) is 2.66. The second-order valence-corrected chi connectivity index (χ2v) is 5.95. The predicted molar refractivity (Wildman–Crippen MR) is 72.5 cm³/mol. The third kappa shape index (κ3) is 3.24. The fourth-order valence-corrected chi connectivity index (χ4v) is 1.78. The van der Waals surface area contributed by atoms with Gasteiger partial charge < -0.3 is 11.2 Å². The summed E-state index contributed by atoms with van der Waals surface area (Å²) in [6.07, 6.45) is 3.54. The van der Waals surface area contributed by atoms with Crippen molar-refractivity contribution in [3.8, 4) is 0 Å². The van der Waals surface area contributed by atoms with E-state index in [1.807, 2.05) is 13.8 Å². The number of nitrogens with two attached hydrogens (primary N) is 1. The lowest BCUT2D eigenvalue weighted by Gasteiger charge is -2.22. The van der Waals surface area contributed by atoms with Crippen LogP contribution in [-0.2, 0) is 12.2 Å². The van der Waals surface area contributed by atoms with Crippen LogP contribution in [0.5, 0.6) is 0 Å². The first-order valence-corrected chi connectivity index (χ1v) is 6.20. The summed E-state index contributed by atoms with van der Waals surface area (Å²) < 4.78 is 15.8. The van der Waals surface area contributed by atoms with Crippen molar-refractivity contribution < 1.29 is 4.39 Å². The Bertz CT molecular complexity index is 479. The van der Waals surface area contributed by atoms with E-state index in [2.05, 4.69) is 16.1 Å². The molecular weight excluding hydrogens is 247 g/mol. The Morgan fingerprint density at radius 3 is 2.53 bits per heavy atom. The quantitative estimate of drug-likeness (QED) is 0.763. The number of aromatic nitrogens is 2. The molecule has 0 saturated heterocycles. The molecule has 0 saturated carbocycles. The molecule has 0 atom stereocenters. The zero-order valence-corrected chi connectivity index (χ0v) is 11.7. The highest BCUT2D eigenvalue weighted by Crippen LogP contribution is 2.28. The van der Waals surface area contributed by atoms with Crippen LogP contribution in [0.2, 0.25) is 0 Å². The summed E-state index contributed by atoms with van der Waals surface area (Å²) >= 11 is 0. The molecular formula is C12H21FN6. The summed E-state index contributed by atoms with van der Waals surface area (Å²) in [5.74, 6) is 0.737. The molecule has 106 valence electrons. The summed E-state index contributed by atoms with van der Waals surface area (Å²) in [5, 5.41) is 6.06. The number of anilines is 1. The second kappa shape index (κ2) is 4.50. The molecule has 6 nitrogen and oxygen atoms in total. The average Bonchev–Trinajstić information content (AvgIpc) is 2.80. The van der Waals surface area contributed by atoms with Crippen LogP contribution >= 0.6 is 0 Å². The van der Waals surface area contributed by atoms with Crippen molar-refractivity contribution in [2.45, 2.75) is 45.4 Å². The van der Waals surface area contributed by atoms with Crippen molar-refractivity contribution in [2.75, 3.05) is 5.01 Å². The summed E-state index contributed by atoms with van der Waals surface area (Å²) in [5.41, 5.74) is 10.2.